The van der Waals surface area contributed by atoms with Crippen molar-refractivity contribution in [2.75, 3.05) is 6.54 Å². The molecule has 3 heterocycles. The minimum atomic E-state index is -4.65. The number of benzene rings is 2. The second-order valence-electron chi connectivity index (χ2n) is 20.6. The molecule has 7 atom stereocenters. The molecule has 1 aliphatic heterocycles. The molecule has 2 aromatic carbocycles. The van der Waals surface area contributed by atoms with Gasteiger partial charge in [-0.2, -0.15) is 36.5 Å². The van der Waals surface area contributed by atoms with Gasteiger partial charge < -0.3 is 10.8 Å². The molecule has 3 N–H and O–H groups in total. The van der Waals surface area contributed by atoms with Gasteiger partial charge in [0.2, 0.25) is 0 Å². The van der Waals surface area contributed by atoms with Crippen LogP contribution in [0.5, 0.6) is 0 Å². The maximum atomic E-state index is 14.3. The molecule has 4 aliphatic carbocycles. The summed E-state index contributed by atoms with van der Waals surface area (Å²) in [6, 6.07) is 9.37. The van der Waals surface area contributed by atoms with Crippen LogP contribution in [0.25, 0.3) is 11.1 Å². The molecule has 4 aromatic rings. The fourth-order valence-electron chi connectivity index (χ4n) is 12.8. The Labute approximate surface area is 386 Å². The Morgan fingerprint density at radius 3 is 2.16 bits per heavy atom. The van der Waals surface area contributed by atoms with Gasteiger partial charge >= 0.3 is 18.3 Å². The van der Waals surface area contributed by atoms with E-state index in [4.69, 9.17) is 10.8 Å². The lowest BCUT2D eigenvalue weighted by Gasteiger charge is -2.42. The highest BCUT2D eigenvalue weighted by Gasteiger charge is 2.73. The van der Waals surface area contributed by atoms with Gasteiger partial charge in [0.1, 0.15) is 29.7 Å². The van der Waals surface area contributed by atoms with Crippen LogP contribution in [0.15, 0.2) is 59.8 Å². The fraction of sp³-hybridized carbons (Fsp3) is 0.510. The third-order valence-corrected chi connectivity index (χ3v) is 16.6. The lowest BCUT2D eigenvalue weighted by atomic mass is 9.69. The fourth-order valence-corrected chi connectivity index (χ4v) is 12.8. The van der Waals surface area contributed by atoms with E-state index < -0.39 is 106 Å². The van der Waals surface area contributed by atoms with E-state index in [1.807, 2.05) is 41.5 Å². The number of carbonyl (C=O) groups is 3. The summed E-state index contributed by atoms with van der Waals surface area (Å²) in [5, 5.41) is 17.9. The lowest BCUT2D eigenvalue weighted by Crippen LogP contribution is -2.47. The van der Waals surface area contributed by atoms with Gasteiger partial charge in [0.25, 0.3) is 5.91 Å². The molecule has 10 nitrogen and oxygen atoms in total. The number of hydrogen-bond acceptors (Lipinski definition) is 7. The van der Waals surface area contributed by atoms with Gasteiger partial charge in [0.05, 0.1) is 23.8 Å². The van der Waals surface area contributed by atoms with Crippen molar-refractivity contribution < 1.29 is 59.0 Å². The molecule has 19 heteroatoms. The normalized spacial score (nSPS) is 26.5. The summed E-state index contributed by atoms with van der Waals surface area (Å²) in [5.41, 5.74) is 3.59. The van der Waals surface area contributed by atoms with Crippen LogP contribution in [0.3, 0.4) is 0 Å². The number of carboxylic acid groups (broad SMARTS) is 1. The Bertz CT molecular complexity index is 2730. The number of fused-ring (bicyclic) bond motifs is 10. The SMILES string of the molecule is CC1(C)C2CCC1(C)C1C2C(C(F)(F)F)=NN1CC(=O)C[C@@H](Cc1cc(F)cc(F)c1)c1ncccc1-c1ccc(F)c(C(N)=O)c1.CC12CCC(c3c(C(F)(F)F)nn(CC(=O)O)c31)C2(C)C. The molecule has 1 amide bonds. The van der Waals surface area contributed by atoms with Crippen LogP contribution in [-0.4, -0.2) is 67.0 Å². The lowest BCUT2D eigenvalue weighted by molar-refractivity contribution is -0.143. The summed E-state index contributed by atoms with van der Waals surface area (Å²) in [6.07, 6.45) is -5.22. The number of carbonyl (C=O) groups excluding carboxylic acids is 2. The molecule has 6 unspecified atom stereocenters. The van der Waals surface area contributed by atoms with E-state index in [0.717, 1.165) is 35.4 Å². The van der Waals surface area contributed by atoms with Crippen LogP contribution in [0, 0.1) is 45.5 Å². The number of carboxylic acids is 1. The Balaban J connectivity index is 0.000000247. The predicted octanol–water partition coefficient (Wildman–Crippen LogP) is 10.4. The molecule has 0 saturated heterocycles. The number of aliphatic carboxylic acids is 1. The second kappa shape index (κ2) is 16.5. The van der Waals surface area contributed by atoms with Gasteiger partial charge in [-0.05, 0) is 102 Å². The summed E-state index contributed by atoms with van der Waals surface area (Å²) in [4.78, 5) is 41.2. The molecule has 0 spiro atoms. The highest BCUT2D eigenvalue weighted by molar-refractivity contribution is 5.96. The zero-order valence-corrected chi connectivity index (χ0v) is 38.1. The smallest absolute Gasteiger partial charge is 0.435 e. The molecule has 364 valence electrons. The number of nitrogens with zero attached hydrogens (tertiary/aromatic N) is 5. The van der Waals surface area contributed by atoms with Crippen LogP contribution in [0.1, 0.15) is 124 Å². The number of amides is 1. The molecule has 3 fully saturated rings. The van der Waals surface area contributed by atoms with Gasteiger partial charge in [-0.3, -0.25) is 29.1 Å². The Morgan fingerprint density at radius 2 is 1.54 bits per heavy atom. The van der Waals surface area contributed by atoms with Gasteiger partial charge in [-0.1, -0.05) is 53.7 Å². The first-order valence-corrected chi connectivity index (χ1v) is 22.3. The molecule has 5 aliphatic rings. The Hall–Kier alpha value is -5.75. The van der Waals surface area contributed by atoms with E-state index >= 15 is 0 Å². The highest BCUT2D eigenvalue weighted by Crippen LogP contribution is 2.71. The Kier molecular flexibility index (Phi) is 11.8. The maximum absolute atomic E-state index is 14.3. The number of Topliss-reactive ketones (excluding diaryl/α,β-unsaturated/α-hetero) is 1. The van der Waals surface area contributed by atoms with Gasteiger partial charge in [-0.15, -0.1) is 0 Å². The summed E-state index contributed by atoms with van der Waals surface area (Å²) in [5.74, 6) is -7.16. The van der Waals surface area contributed by atoms with Crippen LogP contribution < -0.4 is 5.73 Å². The zero-order chi connectivity index (χ0) is 49.8. The van der Waals surface area contributed by atoms with Crippen LogP contribution in [0.2, 0.25) is 0 Å². The number of hydrazone groups is 1. The monoisotopic (exact) mass is 958 g/mol. The van der Waals surface area contributed by atoms with E-state index in [0.29, 0.717) is 41.8 Å². The van der Waals surface area contributed by atoms with E-state index in [2.05, 4.69) is 15.2 Å². The largest absolute Gasteiger partial charge is 0.480 e. The minimum Gasteiger partial charge on any atom is -0.480 e. The molecule has 9 rings (SSSR count). The van der Waals surface area contributed by atoms with Gasteiger partial charge in [0, 0.05) is 52.8 Å². The van der Waals surface area contributed by atoms with Crippen molar-refractivity contribution in [3.8, 4) is 11.1 Å². The quantitative estimate of drug-likeness (QED) is 0.143. The van der Waals surface area contributed by atoms with E-state index in [1.54, 1.807) is 12.1 Å². The van der Waals surface area contributed by atoms with Crippen molar-refractivity contribution in [2.45, 2.75) is 122 Å². The standard InChI is InChI=1S/C35H34F6N4O2.C14H17F3N2O2/c1-33(2)26-8-9-34(33,3)31-28(26)30(35(39,40)41)44-45(31)17-23(46)14-20(11-18-12-21(36)16-22(37)13-18)29-24(5-4-10-43-29)19-6-7-27(38)25(15-19)32(42)47;1-12(2)7-4-5-13(12,3)11-9(7)10(14(15,16)17)18-19(11)6-8(20)21/h4-7,10,12-13,15-16,20,26,28,31H,8-9,11,14,17H2,1-3H3,(H2,42,47);7H,4-6H2,1-3H3,(H,20,21)/t20-,26?,28?,31?,34?;/m1./s1. The van der Waals surface area contributed by atoms with E-state index in [-0.39, 0.29) is 46.8 Å². The van der Waals surface area contributed by atoms with Gasteiger partial charge in [0.15, 0.2) is 11.5 Å². The number of aromatic nitrogens is 3. The van der Waals surface area contributed by atoms with E-state index in [1.165, 1.54) is 23.3 Å². The first kappa shape index (κ1) is 48.7. The van der Waals surface area contributed by atoms with Crippen LogP contribution in [-0.2, 0) is 34.1 Å². The molecule has 2 aromatic heterocycles. The van der Waals surface area contributed by atoms with Crippen molar-refractivity contribution in [3.05, 3.63) is 106 Å². The number of nitrogens with two attached hydrogens (primary N) is 1. The molecular formula is C49H51F9N6O4. The number of ketones is 1. The average molecular weight is 959 g/mol. The number of halogens is 9. The third-order valence-electron chi connectivity index (χ3n) is 16.6. The first-order valence-electron chi connectivity index (χ1n) is 22.3. The number of hydrogen-bond donors (Lipinski definition) is 2. The second-order valence-corrected chi connectivity index (χ2v) is 20.6. The van der Waals surface area contributed by atoms with Crippen molar-refractivity contribution in [1.29, 1.82) is 0 Å². The number of alkyl halides is 6. The molecular weight excluding hydrogens is 908 g/mol. The van der Waals surface area contributed by atoms with Crippen molar-refractivity contribution >= 4 is 23.4 Å². The minimum absolute atomic E-state index is 0.0513. The Morgan fingerprint density at radius 1 is 0.868 bits per heavy atom. The van der Waals surface area contributed by atoms with Crippen molar-refractivity contribution in [2.24, 2.45) is 38.9 Å². The number of rotatable bonds is 11. The van der Waals surface area contributed by atoms with Crippen molar-refractivity contribution in [1.82, 2.24) is 19.8 Å². The van der Waals surface area contributed by atoms with Crippen molar-refractivity contribution in [3.63, 3.8) is 0 Å². The van der Waals surface area contributed by atoms with Gasteiger partial charge in [-0.25, -0.2) is 13.2 Å². The van der Waals surface area contributed by atoms with E-state index in [9.17, 15) is 53.9 Å². The van der Waals surface area contributed by atoms with Crippen LogP contribution in [0.4, 0.5) is 39.5 Å². The molecule has 68 heavy (non-hydrogen) atoms. The molecule has 4 bridgehead atoms. The van der Waals surface area contributed by atoms with Crippen LogP contribution >= 0.6 is 0 Å². The predicted molar refractivity (Wildman–Crippen MR) is 231 cm³/mol. The number of pyridine rings is 1. The first-order chi connectivity index (χ1) is 31.5. The molecule has 3 saturated carbocycles. The summed E-state index contributed by atoms with van der Waals surface area (Å²) < 4.78 is 127. The summed E-state index contributed by atoms with van der Waals surface area (Å²) in [7, 11) is 0. The third kappa shape index (κ3) is 7.84. The topological polar surface area (TPSA) is 144 Å². The average Bonchev–Trinajstić information content (AvgIpc) is 3.99. The summed E-state index contributed by atoms with van der Waals surface area (Å²) >= 11 is 0. The highest BCUT2D eigenvalue weighted by atomic mass is 19.4. The number of primary amides is 1. The maximum Gasteiger partial charge on any atom is 0.435 e. The molecule has 0 radical (unpaired) electrons. The zero-order valence-electron chi connectivity index (χ0n) is 38.1. The summed E-state index contributed by atoms with van der Waals surface area (Å²) in [6.45, 7) is 10.9.